The Labute approximate surface area is 156 Å². The van der Waals surface area contributed by atoms with Crippen LogP contribution < -0.4 is 5.32 Å². The van der Waals surface area contributed by atoms with Gasteiger partial charge in [0, 0.05) is 18.1 Å². The Balaban J connectivity index is 1.62. The van der Waals surface area contributed by atoms with Crippen LogP contribution in [0.4, 0.5) is 0 Å². The van der Waals surface area contributed by atoms with E-state index in [1.165, 1.54) is 0 Å². The fourth-order valence-electron chi connectivity index (χ4n) is 2.97. The highest BCUT2D eigenvalue weighted by Gasteiger charge is 2.39. The molecule has 0 radical (unpaired) electrons. The lowest BCUT2D eigenvalue weighted by Crippen LogP contribution is -2.24. The summed E-state index contributed by atoms with van der Waals surface area (Å²) in [5.41, 5.74) is 0.952. The summed E-state index contributed by atoms with van der Waals surface area (Å²) in [5.74, 6) is 0.879. The van der Waals surface area contributed by atoms with Gasteiger partial charge >= 0.3 is 0 Å². The number of hydrogen-bond acceptors (Lipinski definition) is 4. The van der Waals surface area contributed by atoms with Crippen LogP contribution in [0.5, 0.6) is 0 Å². The standard InChI is InChI=1S/C19H17N3OS2/c1-22-18(17(21-19(22)24)14-9-5-6-12-20-14)15-10-11-16(23-15)25-13-7-3-2-4-8-13/h2-12,17-18H,1H3,(H,21,24)/t17-,18+/m0/s1. The predicted molar refractivity (Wildman–Crippen MR) is 102 cm³/mol. The molecule has 0 amide bonds. The number of rotatable bonds is 4. The van der Waals surface area contributed by atoms with Crippen molar-refractivity contribution in [1.29, 1.82) is 0 Å². The average molecular weight is 367 g/mol. The predicted octanol–water partition coefficient (Wildman–Crippen LogP) is 4.43. The Hall–Kier alpha value is -2.31. The fraction of sp³-hybridized carbons (Fsp3) is 0.158. The van der Waals surface area contributed by atoms with Gasteiger partial charge in [-0.25, -0.2) is 0 Å². The van der Waals surface area contributed by atoms with Gasteiger partial charge in [-0.2, -0.15) is 0 Å². The van der Waals surface area contributed by atoms with Crippen LogP contribution in [0.15, 0.2) is 81.3 Å². The van der Waals surface area contributed by atoms with Crippen LogP contribution >= 0.6 is 24.0 Å². The molecule has 6 heteroatoms. The van der Waals surface area contributed by atoms with Crippen molar-refractivity contribution in [2.24, 2.45) is 0 Å². The van der Waals surface area contributed by atoms with Gasteiger partial charge in [-0.3, -0.25) is 4.98 Å². The minimum Gasteiger partial charge on any atom is -0.452 e. The van der Waals surface area contributed by atoms with Gasteiger partial charge in [0.25, 0.3) is 0 Å². The molecular formula is C19H17N3OS2. The zero-order valence-electron chi connectivity index (χ0n) is 13.6. The quantitative estimate of drug-likeness (QED) is 0.688. The molecule has 3 aromatic rings. The normalized spacial score (nSPS) is 19.9. The van der Waals surface area contributed by atoms with Gasteiger partial charge in [-0.1, -0.05) is 36.0 Å². The number of likely N-dealkylation sites (N-methyl/N-ethyl adjacent to an activating group) is 1. The number of thiocarbonyl (C=S) groups is 1. The molecule has 4 nitrogen and oxygen atoms in total. The van der Waals surface area contributed by atoms with Crippen LogP contribution in [-0.2, 0) is 0 Å². The van der Waals surface area contributed by atoms with E-state index in [9.17, 15) is 0 Å². The van der Waals surface area contributed by atoms with Crippen molar-refractivity contribution < 1.29 is 4.42 Å². The van der Waals surface area contributed by atoms with E-state index in [-0.39, 0.29) is 12.1 Å². The minimum absolute atomic E-state index is 0.0208. The molecule has 1 aliphatic heterocycles. The van der Waals surface area contributed by atoms with E-state index in [0.717, 1.165) is 21.4 Å². The van der Waals surface area contributed by atoms with E-state index in [1.807, 2.05) is 60.5 Å². The van der Waals surface area contributed by atoms with E-state index in [1.54, 1.807) is 18.0 Å². The van der Waals surface area contributed by atoms with Gasteiger partial charge in [-0.05, 0) is 48.6 Å². The van der Waals surface area contributed by atoms with Crippen molar-refractivity contribution in [1.82, 2.24) is 15.2 Å². The molecule has 1 aliphatic rings. The summed E-state index contributed by atoms with van der Waals surface area (Å²) in [7, 11) is 1.98. The van der Waals surface area contributed by atoms with E-state index in [4.69, 9.17) is 16.6 Å². The lowest BCUT2D eigenvalue weighted by Gasteiger charge is -2.21. The molecule has 1 saturated heterocycles. The lowest BCUT2D eigenvalue weighted by atomic mass is 10.0. The van der Waals surface area contributed by atoms with E-state index >= 15 is 0 Å². The van der Waals surface area contributed by atoms with Crippen molar-refractivity contribution in [2.45, 2.75) is 22.1 Å². The second-order valence-corrected chi connectivity index (χ2v) is 7.27. The Morgan fingerprint density at radius 1 is 1.08 bits per heavy atom. The zero-order chi connectivity index (χ0) is 17.2. The minimum atomic E-state index is -0.0283. The molecule has 0 saturated carbocycles. The summed E-state index contributed by atoms with van der Waals surface area (Å²) in [5, 5.41) is 4.93. The third kappa shape index (κ3) is 3.27. The summed E-state index contributed by atoms with van der Waals surface area (Å²) < 4.78 is 6.14. The van der Waals surface area contributed by atoms with Gasteiger partial charge in [0.15, 0.2) is 10.2 Å². The second kappa shape index (κ2) is 6.90. The highest BCUT2D eigenvalue weighted by atomic mass is 32.2. The first kappa shape index (κ1) is 16.2. The molecule has 2 aromatic heterocycles. The molecule has 1 N–H and O–H groups in total. The Bertz CT molecular complexity index is 867. The van der Waals surface area contributed by atoms with E-state index < -0.39 is 0 Å². The number of hydrogen-bond donors (Lipinski definition) is 1. The van der Waals surface area contributed by atoms with Crippen molar-refractivity contribution in [2.75, 3.05) is 7.05 Å². The molecule has 126 valence electrons. The fourth-order valence-corrected chi connectivity index (χ4v) is 4.01. The second-order valence-electron chi connectivity index (χ2n) is 5.81. The highest BCUT2D eigenvalue weighted by molar-refractivity contribution is 7.99. The van der Waals surface area contributed by atoms with Crippen molar-refractivity contribution >= 4 is 29.1 Å². The third-order valence-electron chi connectivity index (χ3n) is 4.19. The van der Waals surface area contributed by atoms with E-state index in [0.29, 0.717) is 5.11 Å². The first-order valence-electron chi connectivity index (χ1n) is 7.99. The zero-order valence-corrected chi connectivity index (χ0v) is 15.3. The Kier molecular flexibility index (Phi) is 4.46. The topological polar surface area (TPSA) is 41.3 Å². The largest absolute Gasteiger partial charge is 0.452 e. The summed E-state index contributed by atoms with van der Waals surface area (Å²) in [6.07, 6.45) is 1.80. The Morgan fingerprint density at radius 3 is 2.64 bits per heavy atom. The molecule has 1 aromatic carbocycles. The molecule has 25 heavy (non-hydrogen) atoms. The molecular weight excluding hydrogens is 350 g/mol. The molecule has 0 bridgehead atoms. The lowest BCUT2D eigenvalue weighted by molar-refractivity contribution is 0.289. The van der Waals surface area contributed by atoms with Crippen LogP contribution in [-0.4, -0.2) is 22.0 Å². The monoisotopic (exact) mass is 367 g/mol. The molecule has 0 aliphatic carbocycles. The number of furan rings is 1. The van der Waals surface area contributed by atoms with Gasteiger partial charge < -0.3 is 14.6 Å². The van der Waals surface area contributed by atoms with E-state index in [2.05, 4.69) is 22.4 Å². The van der Waals surface area contributed by atoms with Gasteiger partial charge in [0.05, 0.1) is 11.7 Å². The molecule has 4 rings (SSSR count). The average Bonchev–Trinajstić information content (AvgIpc) is 3.21. The maximum absolute atomic E-state index is 6.14. The number of benzene rings is 1. The van der Waals surface area contributed by atoms with Gasteiger partial charge in [0.2, 0.25) is 0 Å². The summed E-state index contributed by atoms with van der Waals surface area (Å²) in [6.45, 7) is 0. The number of nitrogens with one attached hydrogen (secondary N) is 1. The van der Waals surface area contributed by atoms with Gasteiger partial charge in [-0.15, -0.1) is 0 Å². The van der Waals surface area contributed by atoms with Crippen LogP contribution in [0.25, 0.3) is 0 Å². The first-order valence-corrected chi connectivity index (χ1v) is 9.22. The smallest absolute Gasteiger partial charge is 0.170 e. The molecule has 3 heterocycles. The third-order valence-corrected chi connectivity index (χ3v) is 5.53. The number of pyridine rings is 1. The van der Waals surface area contributed by atoms with Crippen molar-refractivity contribution in [3.63, 3.8) is 0 Å². The number of nitrogens with zero attached hydrogens (tertiary/aromatic N) is 2. The number of aromatic nitrogens is 1. The van der Waals surface area contributed by atoms with Crippen LogP contribution in [0.1, 0.15) is 23.5 Å². The summed E-state index contributed by atoms with van der Waals surface area (Å²) in [6, 6.07) is 20.1. The first-order chi connectivity index (χ1) is 12.2. The van der Waals surface area contributed by atoms with Crippen molar-refractivity contribution in [3.05, 3.63) is 78.3 Å². The van der Waals surface area contributed by atoms with Crippen LogP contribution in [0.2, 0.25) is 0 Å². The maximum atomic E-state index is 6.14. The molecule has 0 spiro atoms. The van der Waals surface area contributed by atoms with Crippen LogP contribution in [0, 0.1) is 0 Å². The van der Waals surface area contributed by atoms with Gasteiger partial charge in [0.1, 0.15) is 11.8 Å². The highest BCUT2D eigenvalue weighted by Crippen LogP contribution is 2.40. The SMILES string of the molecule is CN1C(=S)N[C@@H](c2ccccn2)[C@H]1c1ccc(Sc2ccccc2)o1. The molecule has 0 unspecified atom stereocenters. The Morgan fingerprint density at radius 2 is 1.88 bits per heavy atom. The maximum Gasteiger partial charge on any atom is 0.170 e. The molecule has 2 atom stereocenters. The summed E-state index contributed by atoms with van der Waals surface area (Å²) in [4.78, 5) is 7.67. The molecule has 1 fully saturated rings. The van der Waals surface area contributed by atoms with Crippen molar-refractivity contribution in [3.8, 4) is 0 Å². The summed E-state index contributed by atoms with van der Waals surface area (Å²) >= 11 is 7.06. The van der Waals surface area contributed by atoms with Crippen LogP contribution in [0.3, 0.4) is 0 Å².